The van der Waals surface area contributed by atoms with Crippen LogP contribution in [-0.2, 0) is 4.74 Å². The van der Waals surface area contributed by atoms with Gasteiger partial charge in [0, 0.05) is 0 Å². The number of aromatic nitrogens is 1. The number of Topliss-reactive ketones (excluding diaryl/α,β-unsaturated/α-hetero) is 1. The monoisotopic (exact) mass is 268 g/mol. The molecule has 0 saturated heterocycles. The fourth-order valence-electron chi connectivity index (χ4n) is 1.29. The molecule has 1 amide bonds. The molecule has 0 saturated carbocycles. The lowest BCUT2D eigenvalue weighted by Gasteiger charge is -2.21. The predicted molar refractivity (Wildman–Crippen MR) is 67.4 cm³/mol. The Hall–Kier alpha value is -1.98. The number of hydrogen-bond donors (Lipinski definition) is 1. The molecule has 1 atom stereocenters. The zero-order valence-electron chi connectivity index (χ0n) is 11.4. The van der Waals surface area contributed by atoms with Crippen LogP contribution in [0.3, 0.4) is 0 Å². The number of hydrogen-bond acceptors (Lipinski definition) is 4. The molecule has 1 rings (SSSR count). The van der Waals surface area contributed by atoms with Crippen LogP contribution < -0.4 is 5.32 Å². The summed E-state index contributed by atoms with van der Waals surface area (Å²) < 4.78 is 17.7. The van der Waals surface area contributed by atoms with E-state index in [9.17, 15) is 14.0 Å². The Labute approximate surface area is 111 Å². The lowest BCUT2D eigenvalue weighted by Crippen LogP contribution is -2.41. The quantitative estimate of drug-likeness (QED) is 0.854. The first-order valence-corrected chi connectivity index (χ1v) is 5.84. The van der Waals surface area contributed by atoms with Gasteiger partial charge in [-0.15, -0.1) is 0 Å². The van der Waals surface area contributed by atoms with E-state index in [1.54, 1.807) is 20.8 Å². The number of rotatable bonds is 3. The molecule has 0 aliphatic carbocycles. The maximum absolute atomic E-state index is 12.7. The summed E-state index contributed by atoms with van der Waals surface area (Å²) in [5, 5.41) is 2.40. The highest BCUT2D eigenvalue weighted by atomic mass is 19.1. The summed E-state index contributed by atoms with van der Waals surface area (Å²) in [7, 11) is 0. The van der Waals surface area contributed by atoms with Gasteiger partial charge in [-0.3, -0.25) is 9.78 Å². The van der Waals surface area contributed by atoms with Gasteiger partial charge < -0.3 is 10.1 Å². The summed E-state index contributed by atoms with van der Waals surface area (Å²) in [6, 6.07) is 1.61. The number of amides is 1. The first kappa shape index (κ1) is 15.1. The Kier molecular flexibility index (Phi) is 4.58. The van der Waals surface area contributed by atoms with Gasteiger partial charge >= 0.3 is 6.09 Å². The number of carbonyl (C=O) groups excluding carboxylic acids is 2. The van der Waals surface area contributed by atoms with Gasteiger partial charge in [-0.25, -0.2) is 9.18 Å². The lowest BCUT2D eigenvalue weighted by molar-refractivity contribution is 0.0496. The number of ether oxygens (including phenoxy) is 1. The predicted octanol–water partition coefficient (Wildman–Crippen LogP) is 2.32. The smallest absolute Gasteiger partial charge is 0.408 e. The maximum Gasteiger partial charge on any atom is 0.408 e. The normalized spacial score (nSPS) is 12.7. The van der Waals surface area contributed by atoms with E-state index in [1.807, 2.05) is 0 Å². The molecule has 0 radical (unpaired) electrons. The van der Waals surface area contributed by atoms with E-state index < -0.39 is 29.3 Å². The van der Waals surface area contributed by atoms with Gasteiger partial charge in [0.2, 0.25) is 5.78 Å². The van der Waals surface area contributed by atoms with Gasteiger partial charge in [-0.2, -0.15) is 0 Å². The van der Waals surface area contributed by atoms with E-state index in [0.717, 1.165) is 12.3 Å². The molecule has 1 N–H and O–H groups in total. The summed E-state index contributed by atoms with van der Waals surface area (Å²) >= 11 is 0. The Morgan fingerprint density at radius 3 is 2.47 bits per heavy atom. The van der Waals surface area contributed by atoms with Gasteiger partial charge in [0.15, 0.2) is 0 Å². The van der Waals surface area contributed by atoms with E-state index >= 15 is 0 Å². The van der Waals surface area contributed by atoms with E-state index in [4.69, 9.17) is 4.74 Å². The van der Waals surface area contributed by atoms with Crippen molar-refractivity contribution in [2.45, 2.75) is 39.3 Å². The molecule has 0 bridgehead atoms. The van der Waals surface area contributed by atoms with Crippen LogP contribution in [0.15, 0.2) is 18.3 Å². The van der Waals surface area contributed by atoms with Crippen LogP contribution in [0.1, 0.15) is 38.2 Å². The Balaban J connectivity index is 2.63. The molecule has 0 unspecified atom stereocenters. The highest BCUT2D eigenvalue weighted by molar-refractivity contribution is 5.99. The average Bonchev–Trinajstić information content (AvgIpc) is 2.26. The molecule has 0 spiro atoms. The first-order valence-electron chi connectivity index (χ1n) is 5.84. The summed E-state index contributed by atoms with van der Waals surface area (Å²) in [5.74, 6) is -0.935. The second-order valence-electron chi connectivity index (χ2n) is 5.09. The van der Waals surface area contributed by atoms with Gasteiger partial charge in [0.1, 0.15) is 17.1 Å². The number of nitrogens with zero attached hydrogens (tertiary/aromatic N) is 1. The van der Waals surface area contributed by atoms with Gasteiger partial charge in [-0.1, -0.05) is 0 Å². The summed E-state index contributed by atoms with van der Waals surface area (Å²) in [5.41, 5.74) is -0.550. The van der Waals surface area contributed by atoms with Gasteiger partial charge in [-0.05, 0) is 39.8 Å². The van der Waals surface area contributed by atoms with E-state index in [2.05, 4.69) is 10.3 Å². The Morgan fingerprint density at radius 1 is 1.37 bits per heavy atom. The molecule has 1 aromatic heterocycles. The molecule has 0 aliphatic heterocycles. The third kappa shape index (κ3) is 5.03. The zero-order chi connectivity index (χ0) is 14.6. The van der Waals surface area contributed by atoms with Crippen LogP contribution in [0.5, 0.6) is 0 Å². The zero-order valence-corrected chi connectivity index (χ0v) is 11.4. The average molecular weight is 268 g/mol. The lowest BCUT2D eigenvalue weighted by atomic mass is 10.1. The minimum absolute atomic E-state index is 0.0879. The molecule has 6 heteroatoms. The number of nitrogens with one attached hydrogen (secondary N) is 1. The number of halogens is 1. The fraction of sp³-hybridized carbons (Fsp3) is 0.462. The molecule has 0 fully saturated rings. The summed E-state index contributed by atoms with van der Waals surface area (Å²) in [6.45, 7) is 6.68. The van der Waals surface area contributed by atoms with E-state index in [1.165, 1.54) is 13.0 Å². The van der Waals surface area contributed by atoms with E-state index in [-0.39, 0.29) is 5.69 Å². The molecule has 1 heterocycles. The van der Waals surface area contributed by atoms with Gasteiger partial charge in [0.05, 0.1) is 12.2 Å². The van der Waals surface area contributed by atoms with Crippen LogP contribution in [0.25, 0.3) is 0 Å². The largest absolute Gasteiger partial charge is 0.444 e. The van der Waals surface area contributed by atoms with Crippen LogP contribution in [-0.4, -0.2) is 28.5 Å². The third-order valence-corrected chi connectivity index (χ3v) is 2.11. The van der Waals surface area contributed by atoms with Crippen LogP contribution in [0, 0.1) is 5.82 Å². The van der Waals surface area contributed by atoms with Crippen molar-refractivity contribution in [3.63, 3.8) is 0 Å². The molecular weight excluding hydrogens is 251 g/mol. The molecule has 1 aromatic rings. The highest BCUT2D eigenvalue weighted by Gasteiger charge is 2.22. The van der Waals surface area contributed by atoms with Crippen molar-refractivity contribution in [2.75, 3.05) is 0 Å². The van der Waals surface area contributed by atoms with E-state index in [0.29, 0.717) is 0 Å². The first-order chi connectivity index (χ1) is 8.69. The standard InChI is InChI=1S/C13H17FN2O3/c1-8(16-12(18)19-13(2,3)4)11(17)10-6-5-9(14)7-15-10/h5-8H,1-4H3,(H,16,18)/t8-/m0/s1. The number of ketones is 1. The van der Waals surface area contributed by atoms with Gasteiger partial charge in [0.25, 0.3) is 0 Å². The second-order valence-corrected chi connectivity index (χ2v) is 5.09. The number of pyridine rings is 1. The van der Waals surface area contributed by atoms with Crippen molar-refractivity contribution in [3.05, 3.63) is 29.8 Å². The minimum Gasteiger partial charge on any atom is -0.444 e. The molecule has 0 aromatic carbocycles. The summed E-state index contributed by atoms with van der Waals surface area (Å²) in [4.78, 5) is 27.1. The van der Waals surface area contributed by atoms with Crippen molar-refractivity contribution in [3.8, 4) is 0 Å². The molecule has 5 nitrogen and oxygen atoms in total. The molecule has 0 aliphatic rings. The Bertz CT molecular complexity index is 466. The maximum atomic E-state index is 12.7. The second kappa shape index (κ2) is 5.77. The molecular formula is C13H17FN2O3. The van der Waals surface area contributed by atoms with Crippen molar-refractivity contribution < 1.29 is 18.7 Å². The van der Waals surface area contributed by atoms with Crippen LogP contribution >= 0.6 is 0 Å². The van der Waals surface area contributed by atoms with Crippen LogP contribution in [0.2, 0.25) is 0 Å². The number of carbonyl (C=O) groups is 2. The SMILES string of the molecule is C[C@H](NC(=O)OC(C)(C)C)C(=O)c1ccc(F)cn1. The summed E-state index contributed by atoms with van der Waals surface area (Å²) in [6.07, 6.45) is 0.267. The molecule has 19 heavy (non-hydrogen) atoms. The minimum atomic E-state index is -0.798. The topological polar surface area (TPSA) is 68.3 Å². The highest BCUT2D eigenvalue weighted by Crippen LogP contribution is 2.08. The van der Waals surface area contributed by atoms with Crippen molar-refractivity contribution in [1.82, 2.24) is 10.3 Å². The van der Waals surface area contributed by atoms with Crippen molar-refractivity contribution >= 4 is 11.9 Å². The fourth-order valence-corrected chi connectivity index (χ4v) is 1.29. The van der Waals surface area contributed by atoms with Crippen molar-refractivity contribution in [1.29, 1.82) is 0 Å². The third-order valence-electron chi connectivity index (χ3n) is 2.11. The number of alkyl carbamates (subject to hydrolysis) is 1. The van der Waals surface area contributed by atoms with Crippen molar-refractivity contribution in [2.24, 2.45) is 0 Å². The van der Waals surface area contributed by atoms with Crippen LogP contribution in [0.4, 0.5) is 9.18 Å². The Morgan fingerprint density at radius 2 is 2.00 bits per heavy atom. The molecule has 104 valence electrons.